The van der Waals surface area contributed by atoms with E-state index in [0.717, 1.165) is 43.4 Å². The zero-order valence-corrected chi connectivity index (χ0v) is 13.5. The van der Waals surface area contributed by atoms with Crippen LogP contribution in [-0.4, -0.2) is 46.5 Å². The number of anilines is 1. The van der Waals surface area contributed by atoms with E-state index in [1.165, 1.54) is 42.9 Å². The summed E-state index contributed by atoms with van der Waals surface area (Å²) in [6, 6.07) is 4.17. The summed E-state index contributed by atoms with van der Waals surface area (Å²) in [5.74, 6) is -0.819. The molecule has 2 aliphatic rings. The number of aromatic nitrogens is 2. The van der Waals surface area contributed by atoms with Crippen molar-refractivity contribution in [2.45, 2.75) is 25.3 Å². The maximum absolute atomic E-state index is 13.3. The van der Waals surface area contributed by atoms with Gasteiger partial charge in [0.05, 0.1) is 0 Å². The molecule has 0 N–H and O–H groups in total. The highest BCUT2D eigenvalue weighted by Crippen LogP contribution is 2.29. The van der Waals surface area contributed by atoms with Gasteiger partial charge in [0, 0.05) is 55.4 Å². The molecule has 0 bridgehead atoms. The number of benzene rings is 1. The first-order valence-electron chi connectivity index (χ1n) is 7.98. The van der Waals surface area contributed by atoms with Crippen molar-refractivity contribution in [3.63, 3.8) is 0 Å². The molecule has 2 aromatic rings. The van der Waals surface area contributed by atoms with Gasteiger partial charge in [0.1, 0.15) is 11.6 Å². The lowest BCUT2D eigenvalue weighted by Crippen LogP contribution is -2.52. The second-order valence-electron chi connectivity index (χ2n) is 6.17. The largest absolute Gasteiger partial charge is 0.344 e. The van der Waals surface area contributed by atoms with Gasteiger partial charge in [0.25, 0.3) is 0 Å². The third-order valence-electron chi connectivity index (χ3n) is 4.71. The van der Waals surface area contributed by atoms with Crippen molar-refractivity contribution >= 4 is 16.7 Å². The molecular formula is C16H18F2N4S. The molecule has 122 valence electrons. The molecule has 4 rings (SSSR count). The first-order valence-corrected chi connectivity index (χ1v) is 8.75. The molecule has 1 aromatic heterocycles. The van der Waals surface area contributed by atoms with Crippen LogP contribution in [0.5, 0.6) is 0 Å². The fourth-order valence-electron chi connectivity index (χ4n) is 3.17. The lowest BCUT2D eigenvalue weighted by atomic mass is 9.91. The van der Waals surface area contributed by atoms with Crippen LogP contribution in [0.25, 0.3) is 11.4 Å². The van der Waals surface area contributed by atoms with Crippen molar-refractivity contribution in [3.8, 4) is 11.4 Å². The highest BCUT2D eigenvalue weighted by molar-refractivity contribution is 7.09. The Morgan fingerprint density at radius 2 is 1.70 bits per heavy atom. The highest BCUT2D eigenvalue weighted by atomic mass is 32.1. The molecule has 1 saturated carbocycles. The van der Waals surface area contributed by atoms with Crippen molar-refractivity contribution in [3.05, 3.63) is 29.8 Å². The fraction of sp³-hybridized carbons (Fsp3) is 0.500. The van der Waals surface area contributed by atoms with Crippen molar-refractivity contribution < 1.29 is 8.78 Å². The van der Waals surface area contributed by atoms with Crippen LogP contribution >= 0.6 is 11.5 Å². The van der Waals surface area contributed by atoms with Crippen LogP contribution in [0.4, 0.5) is 13.9 Å². The third-order valence-corrected chi connectivity index (χ3v) is 5.49. The van der Waals surface area contributed by atoms with Gasteiger partial charge in [-0.05, 0) is 25.0 Å². The van der Waals surface area contributed by atoms with E-state index in [-0.39, 0.29) is 0 Å². The summed E-state index contributed by atoms with van der Waals surface area (Å²) in [6.45, 7) is 3.97. The fourth-order valence-corrected chi connectivity index (χ4v) is 3.91. The van der Waals surface area contributed by atoms with Crippen LogP contribution in [0.2, 0.25) is 0 Å². The maximum atomic E-state index is 13.3. The first-order chi connectivity index (χ1) is 11.2. The molecule has 0 amide bonds. The van der Waals surface area contributed by atoms with Crippen molar-refractivity contribution in [1.82, 2.24) is 14.3 Å². The molecular weight excluding hydrogens is 318 g/mol. The molecule has 23 heavy (non-hydrogen) atoms. The van der Waals surface area contributed by atoms with E-state index >= 15 is 0 Å². The van der Waals surface area contributed by atoms with Gasteiger partial charge in [-0.15, -0.1) is 0 Å². The standard InChI is InChI=1S/C16H18F2N4S/c17-12-8-11(9-13(18)10-12)15-19-16(23-20-15)22-6-4-21(5-7-22)14-2-1-3-14/h8-10,14H,1-7H2. The molecule has 1 saturated heterocycles. The predicted molar refractivity (Wildman–Crippen MR) is 86.7 cm³/mol. The monoisotopic (exact) mass is 336 g/mol. The maximum Gasteiger partial charge on any atom is 0.205 e. The molecule has 1 aliphatic heterocycles. The van der Waals surface area contributed by atoms with Crippen LogP contribution in [0, 0.1) is 11.6 Å². The molecule has 0 atom stereocenters. The SMILES string of the molecule is Fc1cc(F)cc(-c2nsc(N3CCN(C4CCC4)CC3)n2)c1. The van der Waals surface area contributed by atoms with Gasteiger partial charge in [-0.25, -0.2) is 8.78 Å². The second-order valence-corrected chi connectivity index (χ2v) is 6.90. The minimum Gasteiger partial charge on any atom is -0.344 e. The van der Waals surface area contributed by atoms with Gasteiger partial charge < -0.3 is 4.90 Å². The lowest BCUT2D eigenvalue weighted by Gasteiger charge is -2.42. The molecule has 0 spiro atoms. The van der Waals surface area contributed by atoms with Crippen LogP contribution in [-0.2, 0) is 0 Å². The van der Waals surface area contributed by atoms with Gasteiger partial charge in [-0.2, -0.15) is 9.36 Å². The van der Waals surface area contributed by atoms with Gasteiger partial charge in [-0.3, -0.25) is 4.90 Å². The van der Waals surface area contributed by atoms with Gasteiger partial charge in [0.2, 0.25) is 5.13 Å². The third kappa shape index (κ3) is 3.07. The van der Waals surface area contributed by atoms with Crippen LogP contribution in [0.1, 0.15) is 19.3 Å². The summed E-state index contributed by atoms with van der Waals surface area (Å²) < 4.78 is 30.9. The summed E-state index contributed by atoms with van der Waals surface area (Å²) in [7, 11) is 0. The molecule has 1 aromatic carbocycles. The summed E-state index contributed by atoms with van der Waals surface area (Å²) in [6.07, 6.45) is 4.01. The van der Waals surface area contributed by atoms with E-state index in [1.807, 2.05) is 0 Å². The Morgan fingerprint density at radius 1 is 1.00 bits per heavy atom. The van der Waals surface area contributed by atoms with Crippen LogP contribution in [0.3, 0.4) is 0 Å². The summed E-state index contributed by atoms with van der Waals surface area (Å²) in [5.41, 5.74) is 0.387. The topological polar surface area (TPSA) is 32.3 Å². The minimum absolute atomic E-state index is 0.387. The van der Waals surface area contributed by atoms with E-state index in [9.17, 15) is 8.78 Å². The molecule has 4 nitrogen and oxygen atoms in total. The van der Waals surface area contributed by atoms with E-state index < -0.39 is 11.6 Å². The number of halogens is 2. The highest BCUT2D eigenvalue weighted by Gasteiger charge is 2.28. The van der Waals surface area contributed by atoms with Gasteiger partial charge in [-0.1, -0.05) is 6.42 Å². The summed E-state index contributed by atoms with van der Waals surface area (Å²) in [4.78, 5) is 9.25. The molecule has 2 heterocycles. The van der Waals surface area contributed by atoms with Crippen molar-refractivity contribution in [1.29, 1.82) is 0 Å². The van der Waals surface area contributed by atoms with Crippen molar-refractivity contribution in [2.75, 3.05) is 31.1 Å². The number of piperazine rings is 1. The predicted octanol–water partition coefficient (Wildman–Crippen LogP) is 3.16. The molecule has 0 unspecified atom stereocenters. The van der Waals surface area contributed by atoms with E-state index in [4.69, 9.17) is 0 Å². The van der Waals surface area contributed by atoms with Crippen molar-refractivity contribution in [2.24, 2.45) is 0 Å². The van der Waals surface area contributed by atoms with Crippen LogP contribution in [0.15, 0.2) is 18.2 Å². The smallest absolute Gasteiger partial charge is 0.205 e. The first kappa shape index (κ1) is 15.0. The number of hydrogen-bond donors (Lipinski definition) is 0. The number of hydrogen-bond acceptors (Lipinski definition) is 5. The Kier molecular flexibility index (Phi) is 3.98. The zero-order chi connectivity index (χ0) is 15.8. The normalized spacial score (nSPS) is 19.8. The number of rotatable bonds is 3. The van der Waals surface area contributed by atoms with Crippen LogP contribution < -0.4 is 4.90 Å². The Balaban J connectivity index is 1.45. The average molecular weight is 336 g/mol. The van der Waals surface area contributed by atoms with E-state index in [1.54, 1.807) is 0 Å². The molecule has 1 aliphatic carbocycles. The molecule has 7 heteroatoms. The second kappa shape index (κ2) is 6.13. The average Bonchev–Trinajstić information content (AvgIpc) is 2.95. The van der Waals surface area contributed by atoms with Gasteiger partial charge in [0.15, 0.2) is 5.82 Å². The molecule has 0 radical (unpaired) electrons. The molecule has 2 fully saturated rings. The Bertz CT molecular complexity index is 673. The Labute approximate surface area is 137 Å². The minimum atomic E-state index is -0.606. The van der Waals surface area contributed by atoms with Gasteiger partial charge >= 0.3 is 0 Å². The zero-order valence-electron chi connectivity index (χ0n) is 12.7. The number of nitrogens with zero attached hydrogens (tertiary/aromatic N) is 4. The quantitative estimate of drug-likeness (QED) is 0.862. The Hall–Kier alpha value is -1.60. The lowest BCUT2D eigenvalue weighted by molar-refractivity contribution is 0.120. The summed E-state index contributed by atoms with van der Waals surface area (Å²) >= 11 is 1.29. The Morgan fingerprint density at radius 3 is 2.30 bits per heavy atom. The summed E-state index contributed by atoms with van der Waals surface area (Å²) in [5, 5.41) is 0.831. The van der Waals surface area contributed by atoms with E-state index in [2.05, 4.69) is 19.2 Å². The van der Waals surface area contributed by atoms with E-state index in [0.29, 0.717) is 11.4 Å².